The molecule has 21 heavy (non-hydrogen) atoms. The summed E-state index contributed by atoms with van der Waals surface area (Å²) in [5.41, 5.74) is 4.02. The maximum absolute atomic E-state index is 12.4. The van der Waals surface area contributed by atoms with Gasteiger partial charge in [0.2, 0.25) is 0 Å². The summed E-state index contributed by atoms with van der Waals surface area (Å²) in [5, 5.41) is 3.71. The number of benzene rings is 1. The summed E-state index contributed by atoms with van der Waals surface area (Å²) in [6, 6.07) is 9.78. The summed E-state index contributed by atoms with van der Waals surface area (Å²) in [7, 11) is 0. The van der Waals surface area contributed by atoms with Crippen molar-refractivity contribution < 1.29 is 9.63 Å². The highest BCUT2D eigenvalue weighted by atomic mass is 16.7. The van der Waals surface area contributed by atoms with E-state index < -0.39 is 0 Å². The SMILES string of the molecule is CC1(C)CC(C)(C)N2OCC(=O)N(Nc3ccccc3)C21. The largest absolute Gasteiger partial charge is 0.294 e. The standard InChI is InChI=1S/C16H23N3O2/c1-15(2)11-16(3,4)19-14(15)18(13(20)10-21-19)17-12-8-6-5-7-9-12/h5-9,14,17H,10-11H2,1-4H3. The predicted octanol–water partition coefficient (Wildman–Crippen LogP) is 2.62. The second-order valence-electron chi connectivity index (χ2n) is 7.19. The summed E-state index contributed by atoms with van der Waals surface area (Å²) in [6.07, 6.45) is 0.847. The van der Waals surface area contributed by atoms with E-state index in [1.807, 2.05) is 35.4 Å². The smallest absolute Gasteiger partial charge is 0.270 e. The monoisotopic (exact) mass is 289 g/mol. The van der Waals surface area contributed by atoms with Crippen molar-refractivity contribution in [2.45, 2.75) is 45.8 Å². The van der Waals surface area contributed by atoms with Crippen LogP contribution in [0.5, 0.6) is 0 Å². The highest BCUT2D eigenvalue weighted by Gasteiger charge is 2.57. The maximum Gasteiger partial charge on any atom is 0.270 e. The van der Waals surface area contributed by atoms with Gasteiger partial charge in [0, 0.05) is 11.0 Å². The Balaban J connectivity index is 1.92. The van der Waals surface area contributed by atoms with Crippen molar-refractivity contribution in [2.75, 3.05) is 12.0 Å². The molecule has 5 nitrogen and oxygen atoms in total. The van der Waals surface area contributed by atoms with Gasteiger partial charge in [0.15, 0.2) is 0 Å². The number of hydroxylamine groups is 2. The number of hydrazine groups is 1. The Kier molecular flexibility index (Phi) is 3.22. The van der Waals surface area contributed by atoms with Gasteiger partial charge in [-0.3, -0.25) is 15.1 Å². The first-order chi connectivity index (χ1) is 9.81. The van der Waals surface area contributed by atoms with E-state index in [0.29, 0.717) is 0 Å². The number of anilines is 1. The van der Waals surface area contributed by atoms with Gasteiger partial charge >= 0.3 is 0 Å². The number of nitrogens with zero attached hydrogens (tertiary/aromatic N) is 2. The number of carbonyl (C=O) groups is 1. The maximum atomic E-state index is 12.4. The molecule has 0 spiro atoms. The van der Waals surface area contributed by atoms with Crippen molar-refractivity contribution in [3.8, 4) is 0 Å². The molecule has 1 N–H and O–H groups in total. The molecule has 0 saturated carbocycles. The average Bonchev–Trinajstić information content (AvgIpc) is 2.59. The molecular weight excluding hydrogens is 266 g/mol. The lowest BCUT2D eigenvalue weighted by Gasteiger charge is -2.46. The minimum atomic E-state index is -0.117. The van der Waals surface area contributed by atoms with E-state index in [9.17, 15) is 4.79 Å². The van der Waals surface area contributed by atoms with Crippen LogP contribution in [0.15, 0.2) is 30.3 Å². The number of hydrogen-bond acceptors (Lipinski definition) is 4. The van der Waals surface area contributed by atoms with Crippen molar-refractivity contribution in [1.29, 1.82) is 0 Å². The average molecular weight is 289 g/mol. The summed E-state index contributed by atoms with van der Waals surface area (Å²) < 4.78 is 0. The number of rotatable bonds is 2. The molecule has 2 aliphatic rings. The lowest BCUT2D eigenvalue weighted by atomic mass is 9.84. The minimum absolute atomic E-state index is 0.0362. The molecule has 0 aromatic heterocycles. The normalized spacial score (nSPS) is 27.5. The highest BCUT2D eigenvalue weighted by molar-refractivity contribution is 5.80. The van der Waals surface area contributed by atoms with Gasteiger partial charge in [0.05, 0.1) is 5.69 Å². The van der Waals surface area contributed by atoms with Crippen molar-refractivity contribution in [1.82, 2.24) is 10.1 Å². The summed E-state index contributed by atoms with van der Waals surface area (Å²) in [4.78, 5) is 18.1. The van der Waals surface area contributed by atoms with E-state index in [4.69, 9.17) is 4.84 Å². The van der Waals surface area contributed by atoms with Crippen LogP contribution < -0.4 is 5.43 Å². The van der Waals surface area contributed by atoms with Gasteiger partial charge in [0.25, 0.3) is 5.91 Å². The Labute approximate surface area is 125 Å². The number of amides is 1. The first-order valence-electron chi connectivity index (χ1n) is 7.37. The molecule has 2 saturated heterocycles. The molecule has 2 fully saturated rings. The fraction of sp³-hybridized carbons (Fsp3) is 0.562. The highest BCUT2D eigenvalue weighted by Crippen LogP contribution is 2.48. The molecule has 1 amide bonds. The summed E-state index contributed by atoms with van der Waals surface area (Å²) in [6.45, 7) is 8.76. The van der Waals surface area contributed by atoms with E-state index >= 15 is 0 Å². The fourth-order valence-electron chi connectivity index (χ4n) is 3.74. The third-order valence-electron chi connectivity index (χ3n) is 4.27. The van der Waals surface area contributed by atoms with Gasteiger partial charge in [0.1, 0.15) is 12.8 Å². The van der Waals surface area contributed by atoms with E-state index in [1.54, 1.807) is 5.01 Å². The van der Waals surface area contributed by atoms with Crippen molar-refractivity contribution in [3.05, 3.63) is 30.3 Å². The number of hydrogen-bond donors (Lipinski definition) is 1. The van der Waals surface area contributed by atoms with Crippen LogP contribution in [0.4, 0.5) is 5.69 Å². The van der Waals surface area contributed by atoms with Crippen LogP contribution in [0.3, 0.4) is 0 Å². The first-order valence-corrected chi connectivity index (χ1v) is 7.37. The zero-order valence-corrected chi connectivity index (χ0v) is 13.1. The molecule has 5 heteroatoms. The van der Waals surface area contributed by atoms with Gasteiger partial charge in [-0.15, -0.1) is 0 Å². The molecule has 0 aliphatic carbocycles. The molecule has 0 radical (unpaired) electrons. The number of nitrogens with one attached hydrogen (secondary N) is 1. The topological polar surface area (TPSA) is 44.8 Å². The van der Waals surface area contributed by atoms with Crippen LogP contribution in [0, 0.1) is 5.41 Å². The molecule has 2 aliphatic heterocycles. The van der Waals surface area contributed by atoms with Gasteiger partial charge < -0.3 is 0 Å². The van der Waals surface area contributed by atoms with E-state index in [1.165, 1.54) is 0 Å². The zero-order valence-electron chi connectivity index (χ0n) is 13.1. The molecule has 0 bridgehead atoms. The Morgan fingerprint density at radius 2 is 1.86 bits per heavy atom. The minimum Gasteiger partial charge on any atom is -0.294 e. The molecule has 1 unspecified atom stereocenters. The quantitative estimate of drug-likeness (QED) is 0.909. The van der Waals surface area contributed by atoms with Gasteiger partial charge in [-0.2, -0.15) is 5.06 Å². The molecule has 3 rings (SSSR count). The Morgan fingerprint density at radius 3 is 2.52 bits per heavy atom. The molecule has 114 valence electrons. The molecule has 1 aromatic rings. The van der Waals surface area contributed by atoms with E-state index in [-0.39, 0.29) is 29.6 Å². The van der Waals surface area contributed by atoms with Crippen molar-refractivity contribution in [2.24, 2.45) is 5.41 Å². The van der Waals surface area contributed by atoms with Crippen LogP contribution >= 0.6 is 0 Å². The van der Waals surface area contributed by atoms with Crippen molar-refractivity contribution in [3.63, 3.8) is 0 Å². The van der Waals surface area contributed by atoms with Crippen LogP contribution in [-0.2, 0) is 9.63 Å². The number of para-hydroxylation sites is 1. The van der Waals surface area contributed by atoms with Gasteiger partial charge in [-0.1, -0.05) is 32.0 Å². The Bertz CT molecular complexity index is 542. The fourth-order valence-corrected chi connectivity index (χ4v) is 3.74. The Morgan fingerprint density at radius 1 is 1.19 bits per heavy atom. The van der Waals surface area contributed by atoms with Gasteiger partial charge in [-0.05, 0) is 32.4 Å². The number of fused-ring (bicyclic) bond motifs is 1. The second-order valence-corrected chi connectivity index (χ2v) is 7.19. The Hall–Kier alpha value is -1.59. The van der Waals surface area contributed by atoms with Crippen LogP contribution in [0.1, 0.15) is 34.1 Å². The van der Waals surface area contributed by atoms with Crippen molar-refractivity contribution >= 4 is 11.6 Å². The second kappa shape index (κ2) is 4.71. The zero-order chi connectivity index (χ0) is 15.3. The first kappa shape index (κ1) is 14.4. The predicted molar refractivity (Wildman–Crippen MR) is 81.0 cm³/mol. The molecule has 1 aromatic carbocycles. The van der Waals surface area contributed by atoms with Crippen LogP contribution in [-0.4, -0.2) is 34.3 Å². The van der Waals surface area contributed by atoms with E-state index in [2.05, 4.69) is 33.1 Å². The lowest BCUT2D eigenvalue weighted by Crippen LogP contribution is -2.62. The summed E-state index contributed by atoms with van der Waals surface area (Å²) in [5.74, 6) is -0.0362. The number of carbonyl (C=O) groups excluding carboxylic acids is 1. The van der Waals surface area contributed by atoms with Crippen LogP contribution in [0.2, 0.25) is 0 Å². The third-order valence-corrected chi connectivity index (χ3v) is 4.27. The molecular formula is C16H23N3O2. The molecule has 2 heterocycles. The summed E-state index contributed by atoms with van der Waals surface area (Å²) >= 11 is 0. The third kappa shape index (κ3) is 2.40. The van der Waals surface area contributed by atoms with E-state index in [0.717, 1.165) is 12.1 Å². The lowest BCUT2D eigenvalue weighted by molar-refractivity contribution is -0.269. The van der Waals surface area contributed by atoms with Gasteiger partial charge in [-0.25, -0.2) is 5.01 Å². The van der Waals surface area contributed by atoms with Crippen LogP contribution in [0.25, 0.3) is 0 Å². The molecule has 1 atom stereocenters.